The Morgan fingerprint density at radius 1 is 1.10 bits per heavy atom. The molecule has 0 saturated heterocycles. The predicted molar refractivity (Wildman–Crippen MR) is 77.7 cm³/mol. The van der Waals surface area contributed by atoms with Crippen molar-refractivity contribution in [3.63, 3.8) is 0 Å². The van der Waals surface area contributed by atoms with Crippen LogP contribution in [-0.4, -0.2) is 13.6 Å². The summed E-state index contributed by atoms with van der Waals surface area (Å²) in [7, 11) is 1.86. The second kappa shape index (κ2) is 6.01. The van der Waals surface area contributed by atoms with Crippen LogP contribution >= 0.6 is 0 Å². The van der Waals surface area contributed by atoms with Gasteiger partial charge in [-0.05, 0) is 48.4 Å². The molecule has 0 aliphatic carbocycles. The maximum atomic E-state index is 13.3. The average molecular weight is 276 g/mol. The fraction of sp³-hybridized carbons (Fsp3) is 0.250. The van der Waals surface area contributed by atoms with E-state index in [9.17, 15) is 8.78 Å². The minimum atomic E-state index is -0.291. The largest absolute Gasteiger partial charge is 0.366 e. The Hall–Kier alpha value is -1.94. The molecule has 1 unspecified atom stereocenters. The molecule has 0 fully saturated rings. The third-order valence-corrected chi connectivity index (χ3v) is 3.50. The van der Waals surface area contributed by atoms with E-state index in [0.29, 0.717) is 6.54 Å². The zero-order valence-electron chi connectivity index (χ0n) is 11.6. The van der Waals surface area contributed by atoms with Gasteiger partial charge >= 0.3 is 0 Å². The van der Waals surface area contributed by atoms with Crippen molar-refractivity contribution in [1.82, 2.24) is 0 Å². The average Bonchev–Trinajstić information content (AvgIpc) is 2.41. The van der Waals surface area contributed by atoms with Crippen molar-refractivity contribution in [3.8, 4) is 0 Å². The quantitative estimate of drug-likeness (QED) is 0.927. The number of nitrogens with two attached hydrogens (primary N) is 1. The highest BCUT2D eigenvalue weighted by molar-refractivity contribution is 5.49. The van der Waals surface area contributed by atoms with Gasteiger partial charge in [0, 0.05) is 19.3 Å². The Labute approximate surface area is 117 Å². The van der Waals surface area contributed by atoms with Gasteiger partial charge < -0.3 is 10.6 Å². The smallest absolute Gasteiger partial charge is 0.125 e. The summed E-state index contributed by atoms with van der Waals surface area (Å²) in [5.74, 6) is -0.559. The van der Waals surface area contributed by atoms with E-state index in [1.165, 1.54) is 24.3 Å². The van der Waals surface area contributed by atoms with Crippen molar-refractivity contribution in [3.05, 3.63) is 65.2 Å². The van der Waals surface area contributed by atoms with Gasteiger partial charge in [-0.3, -0.25) is 0 Å². The molecule has 0 amide bonds. The van der Waals surface area contributed by atoms with Crippen LogP contribution in [0, 0.1) is 18.6 Å². The van der Waals surface area contributed by atoms with E-state index >= 15 is 0 Å². The zero-order valence-corrected chi connectivity index (χ0v) is 11.6. The highest BCUT2D eigenvalue weighted by Gasteiger charge is 2.18. The van der Waals surface area contributed by atoms with E-state index in [2.05, 4.69) is 0 Å². The molecule has 2 rings (SSSR count). The van der Waals surface area contributed by atoms with Crippen LogP contribution in [0.2, 0.25) is 0 Å². The van der Waals surface area contributed by atoms with Crippen LogP contribution < -0.4 is 10.6 Å². The molecule has 2 nitrogen and oxygen atoms in total. The number of rotatable bonds is 4. The van der Waals surface area contributed by atoms with Gasteiger partial charge in [-0.1, -0.05) is 12.1 Å². The molecule has 0 heterocycles. The molecule has 2 aromatic carbocycles. The number of anilines is 1. The summed E-state index contributed by atoms with van der Waals surface area (Å²) in [6.07, 6.45) is 0. The third kappa shape index (κ3) is 2.96. The van der Waals surface area contributed by atoms with Crippen LogP contribution in [0.3, 0.4) is 0 Å². The Bertz CT molecular complexity index is 599. The topological polar surface area (TPSA) is 29.3 Å². The first-order valence-corrected chi connectivity index (χ1v) is 6.47. The van der Waals surface area contributed by atoms with Crippen molar-refractivity contribution >= 4 is 5.69 Å². The van der Waals surface area contributed by atoms with E-state index in [1.807, 2.05) is 24.9 Å². The van der Waals surface area contributed by atoms with Crippen molar-refractivity contribution in [1.29, 1.82) is 0 Å². The molecule has 0 spiro atoms. The monoisotopic (exact) mass is 276 g/mol. The Balaban J connectivity index is 2.36. The molecule has 0 bridgehead atoms. The molecular formula is C16H18F2N2. The van der Waals surface area contributed by atoms with Gasteiger partial charge in [-0.2, -0.15) is 0 Å². The molecule has 0 saturated carbocycles. The van der Waals surface area contributed by atoms with Crippen LogP contribution in [0.5, 0.6) is 0 Å². The molecule has 20 heavy (non-hydrogen) atoms. The van der Waals surface area contributed by atoms with Crippen LogP contribution in [-0.2, 0) is 0 Å². The number of benzene rings is 2. The lowest BCUT2D eigenvalue weighted by Gasteiger charge is -2.30. The molecule has 1 atom stereocenters. The van der Waals surface area contributed by atoms with Gasteiger partial charge in [0.2, 0.25) is 0 Å². The van der Waals surface area contributed by atoms with Crippen LogP contribution in [0.4, 0.5) is 14.5 Å². The lowest BCUT2D eigenvalue weighted by molar-refractivity contribution is 0.616. The van der Waals surface area contributed by atoms with Crippen molar-refractivity contribution in [2.75, 3.05) is 18.5 Å². The molecule has 106 valence electrons. The normalized spacial score (nSPS) is 12.2. The van der Waals surface area contributed by atoms with E-state index < -0.39 is 0 Å². The molecule has 0 aromatic heterocycles. The fourth-order valence-corrected chi connectivity index (χ4v) is 2.38. The Morgan fingerprint density at radius 2 is 1.80 bits per heavy atom. The summed E-state index contributed by atoms with van der Waals surface area (Å²) in [5, 5.41) is 0. The summed E-state index contributed by atoms with van der Waals surface area (Å²) in [6, 6.07) is 10.9. The number of likely N-dealkylation sites (N-methyl/N-ethyl adjacent to an activating group) is 1. The molecule has 4 heteroatoms. The summed E-state index contributed by atoms with van der Waals surface area (Å²) in [4.78, 5) is 1.91. The minimum absolute atomic E-state index is 0.127. The lowest BCUT2D eigenvalue weighted by atomic mass is 9.99. The number of nitrogens with zero attached hydrogens (tertiary/aromatic N) is 1. The van der Waals surface area contributed by atoms with Crippen LogP contribution in [0.15, 0.2) is 42.5 Å². The van der Waals surface area contributed by atoms with Gasteiger partial charge in [-0.25, -0.2) is 8.78 Å². The molecular weight excluding hydrogens is 258 g/mol. The Morgan fingerprint density at radius 3 is 2.40 bits per heavy atom. The highest BCUT2D eigenvalue weighted by atomic mass is 19.1. The maximum Gasteiger partial charge on any atom is 0.125 e. The van der Waals surface area contributed by atoms with Gasteiger partial charge in [0.1, 0.15) is 11.6 Å². The van der Waals surface area contributed by atoms with E-state index in [1.54, 1.807) is 12.1 Å². The highest BCUT2D eigenvalue weighted by Crippen LogP contribution is 2.27. The molecule has 0 aliphatic heterocycles. The fourth-order valence-electron chi connectivity index (χ4n) is 2.38. The van der Waals surface area contributed by atoms with Crippen LogP contribution in [0.1, 0.15) is 17.2 Å². The summed E-state index contributed by atoms with van der Waals surface area (Å²) in [5.41, 5.74) is 8.38. The number of hydrogen-bond acceptors (Lipinski definition) is 2. The zero-order chi connectivity index (χ0) is 14.7. The van der Waals surface area contributed by atoms with Crippen molar-refractivity contribution < 1.29 is 8.78 Å². The van der Waals surface area contributed by atoms with E-state index in [-0.39, 0.29) is 17.7 Å². The minimum Gasteiger partial charge on any atom is -0.366 e. The third-order valence-electron chi connectivity index (χ3n) is 3.50. The van der Waals surface area contributed by atoms with Gasteiger partial charge in [0.25, 0.3) is 0 Å². The first-order chi connectivity index (χ1) is 9.52. The van der Waals surface area contributed by atoms with Gasteiger partial charge in [0.05, 0.1) is 6.04 Å². The predicted octanol–water partition coefficient (Wildman–Crippen LogP) is 3.41. The maximum absolute atomic E-state index is 13.3. The molecule has 2 N–H and O–H groups in total. The Kier molecular flexibility index (Phi) is 4.35. The van der Waals surface area contributed by atoms with E-state index in [0.717, 1.165) is 16.8 Å². The number of aryl methyl sites for hydroxylation is 1. The van der Waals surface area contributed by atoms with Gasteiger partial charge in [0.15, 0.2) is 0 Å². The number of halogens is 2. The molecule has 0 radical (unpaired) electrons. The van der Waals surface area contributed by atoms with Gasteiger partial charge in [-0.15, -0.1) is 0 Å². The first kappa shape index (κ1) is 14.5. The second-order valence-corrected chi connectivity index (χ2v) is 4.84. The SMILES string of the molecule is Cc1cc(F)ccc1C(CN)N(C)c1cccc(F)c1. The molecule has 0 aliphatic rings. The standard InChI is InChI=1S/C16H18F2N2/c1-11-8-13(18)6-7-15(11)16(10-19)20(2)14-5-3-4-12(17)9-14/h3-9,16H,10,19H2,1-2H3. The molecule has 2 aromatic rings. The van der Waals surface area contributed by atoms with Crippen molar-refractivity contribution in [2.45, 2.75) is 13.0 Å². The van der Waals surface area contributed by atoms with Crippen molar-refractivity contribution in [2.24, 2.45) is 5.73 Å². The first-order valence-electron chi connectivity index (χ1n) is 6.47. The summed E-state index contributed by atoms with van der Waals surface area (Å²) >= 11 is 0. The van der Waals surface area contributed by atoms with E-state index in [4.69, 9.17) is 5.73 Å². The number of hydrogen-bond donors (Lipinski definition) is 1. The van der Waals surface area contributed by atoms with Crippen LogP contribution in [0.25, 0.3) is 0 Å². The summed E-state index contributed by atoms with van der Waals surface area (Å²) < 4.78 is 26.5. The lowest BCUT2D eigenvalue weighted by Crippen LogP contribution is -2.31. The summed E-state index contributed by atoms with van der Waals surface area (Å²) in [6.45, 7) is 2.21. The second-order valence-electron chi connectivity index (χ2n) is 4.84.